The van der Waals surface area contributed by atoms with Crippen molar-refractivity contribution in [3.05, 3.63) is 182 Å². The van der Waals surface area contributed by atoms with Crippen LogP contribution in [-0.2, 0) is 59.8 Å². The minimum atomic E-state index is -1.07. The lowest BCUT2D eigenvalue weighted by Crippen LogP contribution is -2.55. The highest BCUT2D eigenvalue weighted by atomic mass is 17.0. The number of hydrogen-bond acceptors (Lipinski definition) is 18. The Kier molecular flexibility index (Phi) is 20.1. The van der Waals surface area contributed by atoms with Crippen molar-refractivity contribution in [1.29, 1.82) is 0 Å². The van der Waals surface area contributed by atoms with Gasteiger partial charge in [0.2, 0.25) is 0 Å². The summed E-state index contributed by atoms with van der Waals surface area (Å²) in [5, 5.41) is 21.5. The van der Waals surface area contributed by atoms with Gasteiger partial charge in [-0.3, -0.25) is 0 Å². The predicted molar refractivity (Wildman–Crippen MR) is 268 cm³/mol. The topological polar surface area (TPSA) is 234 Å². The summed E-state index contributed by atoms with van der Waals surface area (Å²) in [5.74, 6) is 1.78. The quantitative estimate of drug-likeness (QED) is 0.0154. The summed E-state index contributed by atoms with van der Waals surface area (Å²) in [7, 11) is 4.66. The lowest BCUT2D eigenvalue weighted by molar-refractivity contribution is -0.763. The number of hydrogen-bond donors (Lipinski definition) is 0. The molecule has 4 unspecified atom stereocenters. The summed E-state index contributed by atoms with van der Waals surface area (Å²) >= 11 is 0. The highest BCUT2D eigenvalue weighted by Crippen LogP contribution is 2.36. The van der Waals surface area contributed by atoms with Crippen molar-refractivity contribution >= 4 is 23.0 Å². The fourth-order valence-electron chi connectivity index (χ4n) is 8.32. The van der Waals surface area contributed by atoms with Gasteiger partial charge in [-0.05, 0) is 82.2 Å². The van der Waals surface area contributed by atoms with Crippen LogP contribution in [0.2, 0.25) is 0 Å². The van der Waals surface area contributed by atoms with Crippen LogP contribution in [0.3, 0.4) is 0 Å². The zero-order valence-corrected chi connectivity index (χ0v) is 41.5. The third kappa shape index (κ3) is 16.4. The van der Waals surface area contributed by atoms with Gasteiger partial charge >= 0.3 is 12.2 Å². The molecule has 0 radical (unpaired) electrons. The van der Waals surface area contributed by atoms with Crippen LogP contribution in [0, 0.1) is 20.2 Å². The van der Waals surface area contributed by atoms with Crippen molar-refractivity contribution in [3.63, 3.8) is 0 Å². The SMILES string of the molecule is COCC(COC1CN(C(=O)Oc2ccc(CO[N+](=O)[O-])cc2)CC(OCc2cc(OC)c3ccccc3c2)C1c1ccc(OCCCOCc2ccccc2OC)cc1)OC(=O)Oc1ccc(CO[N+](=O)[O-])cc1. The van der Waals surface area contributed by atoms with Crippen molar-refractivity contribution in [3.8, 4) is 28.7 Å². The molecule has 1 fully saturated rings. The van der Waals surface area contributed by atoms with Gasteiger partial charge in [0.1, 0.15) is 42.0 Å². The summed E-state index contributed by atoms with van der Waals surface area (Å²) < 4.78 is 59.0. The van der Waals surface area contributed by atoms with E-state index in [1.54, 1.807) is 26.4 Å². The van der Waals surface area contributed by atoms with Crippen LogP contribution < -0.4 is 23.7 Å². The highest BCUT2D eigenvalue weighted by Gasteiger charge is 2.42. The van der Waals surface area contributed by atoms with E-state index in [0.717, 1.165) is 33.2 Å². The molecule has 6 aromatic rings. The summed E-state index contributed by atoms with van der Waals surface area (Å²) in [6, 6.07) is 38.9. The average molecular weight is 1040 g/mol. The van der Waals surface area contributed by atoms with Crippen molar-refractivity contribution < 1.29 is 76.8 Å². The van der Waals surface area contributed by atoms with Crippen molar-refractivity contribution in [2.45, 2.75) is 57.1 Å². The summed E-state index contributed by atoms with van der Waals surface area (Å²) in [4.78, 5) is 59.0. The number of rotatable bonds is 27. The van der Waals surface area contributed by atoms with Gasteiger partial charge in [-0.25, -0.2) is 9.59 Å². The van der Waals surface area contributed by atoms with Gasteiger partial charge in [-0.2, -0.15) is 0 Å². The van der Waals surface area contributed by atoms with Gasteiger partial charge in [-0.15, -0.1) is 20.2 Å². The Morgan fingerprint density at radius 1 is 0.627 bits per heavy atom. The number of amides is 1. The van der Waals surface area contributed by atoms with Gasteiger partial charge in [0.25, 0.3) is 10.2 Å². The second-order valence-electron chi connectivity index (χ2n) is 17.0. The zero-order valence-electron chi connectivity index (χ0n) is 41.5. The van der Waals surface area contributed by atoms with E-state index in [0.29, 0.717) is 48.9 Å². The van der Waals surface area contributed by atoms with Gasteiger partial charge in [0.15, 0.2) is 6.10 Å². The predicted octanol–water partition coefficient (Wildman–Crippen LogP) is 9.06. The molecule has 1 heterocycles. The molecule has 75 heavy (non-hydrogen) atoms. The third-order valence-electron chi connectivity index (χ3n) is 11.9. The fraction of sp³-hybridized carbons (Fsp3) is 0.333. The summed E-state index contributed by atoms with van der Waals surface area (Å²) in [6.07, 6.45) is -3.71. The fourth-order valence-corrected chi connectivity index (χ4v) is 8.32. The van der Waals surface area contributed by atoms with E-state index in [1.807, 2.05) is 84.9 Å². The number of ether oxygens (including phenoxy) is 10. The van der Waals surface area contributed by atoms with E-state index in [9.17, 15) is 29.8 Å². The van der Waals surface area contributed by atoms with Crippen LogP contribution in [0.4, 0.5) is 9.59 Å². The molecular formula is C54H57N3O18. The number of carbonyl (C=O) groups is 2. The van der Waals surface area contributed by atoms with E-state index >= 15 is 0 Å². The molecule has 0 N–H and O–H groups in total. The van der Waals surface area contributed by atoms with Crippen LogP contribution >= 0.6 is 0 Å². The van der Waals surface area contributed by atoms with E-state index in [1.165, 1.54) is 48.4 Å². The van der Waals surface area contributed by atoms with Crippen LogP contribution in [0.1, 0.15) is 40.2 Å². The molecule has 21 nitrogen and oxygen atoms in total. The minimum Gasteiger partial charge on any atom is -0.496 e. The van der Waals surface area contributed by atoms with E-state index in [4.69, 9.17) is 47.4 Å². The highest BCUT2D eigenvalue weighted by molar-refractivity contribution is 5.89. The van der Waals surface area contributed by atoms with Gasteiger partial charge < -0.3 is 61.9 Å². The smallest absolute Gasteiger partial charge is 0.496 e. The summed E-state index contributed by atoms with van der Waals surface area (Å²) in [6.45, 7) is 0.518. The third-order valence-corrected chi connectivity index (χ3v) is 11.9. The normalized spacial score (nSPS) is 15.6. The van der Waals surface area contributed by atoms with Crippen LogP contribution in [0.15, 0.2) is 133 Å². The monoisotopic (exact) mass is 1040 g/mol. The molecule has 1 amide bonds. The Bertz CT molecular complexity index is 2800. The first-order chi connectivity index (χ1) is 36.5. The van der Waals surface area contributed by atoms with Gasteiger partial charge in [0.05, 0.1) is 79.2 Å². The number of benzene rings is 6. The molecular weight excluding hydrogens is 979 g/mol. The van der Waals surface area contributed by atoms with E-state index in [2.05, 4.69) is 9.68 Å². The molecule has 7 rings (SSSR count). The first-order valence-electron chi connectivity index (χ1n) is 23.8. The molecule has 4 atom stereocenters. The van der Waals surface area contributed by atoms with Gasteiger partial charge in [-0.1, -0.05) is 78.9 Å². The van der Waals surface area contributed by atoms with Crippen LogP contribution in [-0.4, -0.2) is 106 Å². The Labute approximate surface area is 431 Å². The average Bonchev–Trinajstić information content (AvgIpc) is 3.42. The number of nitrogens with zero attached hydrogens (tertiary/aromatic N) is 3. The first-order valence-corrected chi connectivity index (χ1v) is 23.8. The van der Waals surface area contributed by atoms with Crippen molar-refractivity contribution in [1.82, 2.24) is 4.90 Å². The zero-order chi connectivity index (χ0) is 52.9. The Morgan fingerprint density at radius 2 is 1.24 bits per heavy atom. The number of fused-ring (bicyclic) bond motifs is 1. The maximum atomic E-state index is 14.2. The number of carbonyl (C=O) groups excluding carboxylic acids is 2. The lowest BCUT2D eigenvalue weighted by Gasteiger charge is -2.43. The maximum Gasteiger partial charge on any atom is 0.514 e. The molecule has 0 saturated carbocycles. The Morgan fingerprint density at radius 3 is 1.89 bits per heavy atom. The number of para-hydroxylation sites is 1. The molecule has 0 spiro atoms. The van der Waals surface area contributed by atoms with Crippen molar-refractivity contribution in [2.24, 2.45) is 0 Å². The molecule has 0 aliphatic carbocycles. The van der Waals surface area contributed by atoms with E-state index < -0.39 is 46.7 Å². The second kappa shape index (κ2) is 27.7. The van der Waals surface area contributed by atoms with Crippen molar-refractivity contribution in [2.75, 3.05) is 60.8 Å². The van der Waals surface area contributed by atoms with Crippen LogP contribution in [0.25, 0.3) is 10.8 Å². The molecule has 1 saturated heterocycles. The number of likely N-dealkylation sites (tertiary alicyclic amines) is 1. The molecule has 0 bridgehead atoms. The minimum absolute atomic E-state index is 0.00825. The largest absolute Gasteiger partial charge is 0.514 e. The summed E-state index contributed by atoms with van der Waals surface area (Å²) in [5.41, 5.74) is 3.51. The second-order valence-corrected chi connectivity index (χ2v) is 17.0. The Balaban J connectivity index is 1.11. The van der Waals surface area contributed by atoms with Gasteiger partial charge in [0, 0.05) is 30.4 Å². The Hall–Kier alpha value is -8.24. The van der Waals surface area contributed by atoms with Crippen LogP contribution in [0.5, 0.6) is 28.7 Å². The van der Waals surface area contributed by atoms with E-state index in [-0.39, 0.29) is 57.6 Å². The molecule has 21 heteroatoms. The lowest BCUT2D eigenvalue weighted by atomic mass is 9.84. The molecule has 1 aliphatic rings. The molecule has 1 aliphatic heterocycles. The molecule has 0 aromatic heterocycles. The maximum absolute atomic E-state index is 14.2. The molecule has 6 aromatic carbocycles. The number of piperidine rings is 1. The first kappa shape index (κ1) is 54.5. The standard InChI is InChI=1S/C54H57N3O18/c1-64-35-46(75-54(59)74-45-21-15-38(16-22-45)33-72-57(62)63)36-70-51-30-55(53(58)73-44-19-13-37(14-20-44)32-71-56(60)61)29-50(69-31-39-27-41-9-4-6-11-47(41)49(28-39)66-3)52(51)40-17-23-43(24-18-40)68-26-8-25-67-34-42-10-5-7-12-48(42)65-2/h4-7,9-24,27-28,46,50-52H,8,25-26,29-36H2,1-3H3. The number of methoxy groups -OCH3 is 3. The molecule has 396 valence electrons.